The molecule has 1 saturated carbocycles. The molecular weight excluding hydrogens is 272 g/mol. The van der Waals surface area contributed by atoms with Gasteiger partial charge in [0.05, 0.1) is 12.8 Å². The Morgan fingerprint density at radius 2 is 1.95 bits per heavy atom. The van der Waals surface area contributed by atoms with Gasteiger partial charge in [-0.25, -0.2) is 4.68 Å². The Labute approximate surface area is 125 Å². The lowest BCUT2D eigenvalue weighted by molar-refractivity contribution is 0.0591. The van der Waals surface area contributed by atoms with Crippen LogP contribution in [-0.4, -0.2) is 43.5 Å². The summed E-state index contributed by atoms with van der Waals surface area (Å²) in [5.74, 6) is 2.22. The highest BCUT2D eigenvalue weighted by Gasteiger charge is 2.29. The Balaban J connectivity index is 1.64. The minimum Gasteiger partial charge on any atom is -0.393 e. The van der Waals surface area contributed by atoms with Gasteiger partial charge < -0.3 is 9.67 Å². The van der Waals surface area contributed by atoms with Crippen LogP contribution >= 0.6 is 12.2 Å². The Hall–Kier alpha value is -0.720. The second kappa shape index (κ2) is 5.58. The summed E-state index contributed by atoms with van der Waals surface area (Å²) in [5, 5.41) is 14.4. The lowest BCUT2D eigenvalue weighted by atomic mass is 9.92. The largest absolute Gasteiger partial charge is 0.393 e. The monoisotopic (exact) mass is 296 g/mol. The lowest BCUT2D eigenvalue weighted by Crippen LogP contribution is -2.38. The summed E-state index contributed by atoms with van der Waals surface area (Å²) in [6.07, 6.45) is 4.44. The molecule has 5 nitrogen and oxygen atoms in total. The minimum absolute atomic E-state index is 0.185. The third-order valence-corrected chi connectivity index (χ3v) is 5.15. The zero-order chi connectivity index (χ0) is 14.3. The summed E-state index contributed by atoms with van der Waals surface area (Å²) in [4.78, 5) is 2.39. The van der Waals surface area contributed by atoms with Gasteiger partial charge >= 0.3 is 0 Å². The minimum atomic E-state index is -0.185. The van der Waals surface area contributed by atoms with E-state index in [0.29, 0.717) is 11.8 Å². The summed E-state index contributed by atoms with van der Waals surface area (Å²) in [7, 11) is 2.03. The normalized spacial score (nSPS) is 23.1. The third kappa shape index (κ3) is 2.82. The van der Waals surface area contributed by atoms with Crippen LogP contribution in [0.1, 0.15) is 44.3 Å². The molecule has 1 aliphatic carbocycles. The molecule has 20 heavy (non-hydrogen) atoms. The van der Waals surface area contributed by atoms with Crippen molar-refractivity contribution in [3.05, 3.63) is 10.6 Å². The number of hydrogen-bond donors (Lipinski definition) is 1. The van der Waals surface area contributed by atoms with Crippen molar-refractivity contribution in [3.8, 4) is 0 Å². The van der Waals surface area contributed by atoms with Crippen molar-refractivity contribution >= 4 is 12.2 Å². The van der Waals surface area contributed by atoms with Crippen LogP contribution in [0.2, 0.25) is 0 Å². The first kappa shape index (κ1) is 14.2. The summed E-state index contributed by atoms with van der Waals surface area (Å²) < 4.78 is 4.85. The van der Waals surface area contributed by atoms with E-state index in [0.717, 1.165) is 43.2 Å². The third-order valence-electron chi connectivity index (χ3n) is 4.67. The molecule has 1 N–H and O–H groups in total. The Morgan fingerprint density at radius 3 is 2.50 bits per heavy atom. The van der Waals surface area contributed by atoms with Gasteiger partial charge in [0, 0.05) is 26.1 Å². The van der Waals surface area contributed by atoms with E-state index < -0.39 is 0 Å². The quantitative estimate of drug-likeness (QED) is 0.862. The van der Waals surface area contributed by atoms with Gasteiger partial charge in [-0.2, -0.15) is 5.10 Å². The Bertz CT molecular complexity index is 524. The number of aromatic nitrogens is 3. The lowest BCUT2D eigenvalue weighted by Gasteiger charge is -2.32. The predicted molar refractivity (Wildman–Crippen MR) is 80.0 cm³/mol. The van der Waals surface area contributed by atoms with Crippen LogP contribution in [-0.2, 0) is 13.7 Å². The van der Waals surface area contributed by atoms with Crippen LogP contribution in [0.15, 0.2) is 0 Å². The van der Waals surface area contributed by atoms with Crippen molar-refractivity contribution in [2.45, 2.75) is 51.3 Å². The van der Waals surface area contributed by atoms with Gasteiger partial charge in [-0.1, -0.05) is 0 Å². The molecule has 1 aromatic heterocycles. The summed E-state index contributed by atoms with van der Waals surface area (Å²) in [6, 6.07) is 0. The van der Waals surface area contributed by atoms with E-state index >= 15 is 0 Å². The van der Waals surface area contributed by atoms with Crippen molar-refractivity contribution in [1.29, 1.82) is 0 Å². The summed E-state index contributed by atoms with van der Waals surface area (Å²) in [5.41, 5.74) is 0. The van der Waals surface area contributed by atoms with Crippen LogP contribution in [0, 0.1) is 10.7 Å². The number of likely N-dealkylation sites (tertiary alicyclic amines) is 1. The zero-order valence-electron chi connectivity index (χ0n) is 12.3. The highest BCUT2D eigenvalue weighted by atomic mass is 32.1. The molecule has 3 rings (SSSR count). The van der Waals surface area contributed by atoms with Crippen LogP contribution < -0.4 is 0 Å². The van der Waals surface area contributed by atoms with Gasteiger partial charge in [0.25, 0.3) is 0 Å². The van der Waals surface area contributed by atoms with Crippen molar-refractivity contribution in [3.63, 3.8) is 0 Å². The zero-order valence-corrected chi connectivity index (χ0v) is 13.1. The molecule has 2 heterocycles. The van der Waals surface area contributed by atoms with E-state index in [9.17, 15) is 5.11 Å². The molecule has 112 valence electrons. The molecule has 2 fully saturated rings. The van der Waals surface area contributed by atoms with Crippen LogP contribution in [0.25, 0.3) is 0 Å². The number of piperidine rings is 1. The molecule has 0 amide bonds. The molecule has 6 heteroatoms. The van der Waals surface area contributed by atoms with E-state index in [2.05, 4.69) is 9.47 Å². The SMILES string of the molecule is CC(O)C1CCN(Cn2nc(C3CC3)n(C)c2=S)CC1. The maximum absolute atomic E-state index is 9.65. The highest BCUT2D eigenvalue weighted by molar-refractivity contribution is 7.71. The van der Waals surface area contributed by atoms with Gasteiger partial charge in [-0.15, -0.1) is 0 Å². The molecule has 1 atom stereocenters. The van der Waals surface area contributed by atoms with Gasteiger partial charge in [-0.3, -0.25) is 4.90 Å². The Morgan fingerprint density at radius 1 is 1.30 bits per heavy atom. The highest BCUT2D eigenvalue weighted by Crippen LogP contribution is 2.38. The van der Waals surface area contributed by atoms with Gasteiger partial charge in [-0.05, 0) is 50.7 Å². The number of aliphatic hydroxyl groups excluding tert-OH is 1. The molecule has 0 bridgehead atoms. The maximum Gasteiger partial charge on any atom is 0.198 e. The molecular formula is C14H24N4OS. The molecule has 1 aromatic rings. The topological polar surface area (TPSA) is 46.2 Å². The van der Waals surface area contributed by atoms with Crippen LogP contribution in [0.4, 0.5) is 0 Å². The van der Waals surface area contributed by atoms with E-state index in [4.69, 9.17) is 17.3 Å². The van der Waals surface area contributed by atoms with Crippen LogP contribution in [0.5, 0.6) is 0 Å². The molecule has 0 radical (unpaired) electrons. The second-order valence-electron chi connectivity index (χ2n) is 6.31. The van der Waals surface area contributed by atoms with E-state index in [-0.39, 0.29) is 6.10 Å². The fourth-order valence-electron chi connectivity index (χ4n) is 3.06. The van der Waals surface area contributed by atoms with Gasteiger partial charge in [0.15, 0.2) is 4.77 Å². The first-order valence-corrected chi connectivity index (χ1v) is 8.01. The standard InChI is InChI=1S/C14H24N4OS/c1-10(19)11-5-7-17(8-6-11)9-18-14(20)16(2)13(15-18)12-3-4-12/h10-12,19H,3-9H2,1-2H3. The fourth-order valence-corrected chi connectivity index (χ4v) is 3.25. The van der Waals surface area contributed by atoms with Crippen molar-refractivity contribution in [2.75, 3.05) is 13.1 Å². The molecule has 1 unspecified atom stereocenters. The maximum atomic E-state index is 9.65. The van der Waals surface area contributed by atoms with Crippen LogP contribution in [0.3, 0.4) is 0 Å². The number of hydrogen-bond acceptors (Lipinski definition) is 4. The first-order chi connectivity index (χ1) is 9.56. The molecule has 1 aliphatic heterocycles. The molecule has 1 saturated heterocycles. The van der Waals surface area contributed by atoms with Crippen molar-refractivity contribution in [2.24, 2.45) is 13.0 Å². The first-order valence-electron chi connectivity index (χ1n) is 7.60. The van der Waals surface area contributed by atoms with E-state index in [1.165, 1.54) is 12.8 Å². The second-order valence-corrected chi connectivity index (χ2v) is 6.68. The summed E-state index contributed by atoms with van der Waals surface area (Å²) in [6.45, 7) is 4.72. The Kier molecular flexibility index (Phi) is 3.97. The number of aliphatic hydroxyl groups is 1. The van der Waals surface area contributed by atoms with Gasteiger partial charge in [0.2, 0.25) is 0 Å². The van der Waals surface area contributed by atoms with Crippen molar-refractivity contribution in [1.82, 2.24) is 19.2 Å². The predicted octanol–water partition coefficient (Wildman–Crippen LogP) is 1.88. The number of nitrogens with zero attached hydrogens (tertiary/aromatic N) is 4. The average molecular weight is 296 g/mol. The smallest absolute Gasteiger partial charge is 0.198 e. The van der Waals surface area contributed by atoms with E-state index in [1.807, 2.05) is 18.7 Å². The van der Waals surface area contributed by atoms with E-state index in [1.54, 1.807) is 0 Å². The van der Waals surface area contributed by atoms with Crippen molar-refractivity contribution < 1.29 is 5.11 Å². The van der Waals surface area contributed by atoms with Gasteiger partial charge in [0.1, 0.15) is 5.82 Å². The molecule has 0 aromatic carbocycles. The molecule has 2 aliphatic rings. The average Bonchev–Trinajstić information content (AvgIpc) is 3.23. The summed E-state index contributed by atoms with van der Waals surface area (Å²) >= 11 is 5.49. The number of rotatable bonds is 4. The molecule has 0 spiro atoms. The fraction of sp³-hybridized carbons (Fsp3) is 0.857.